The maximum atomic E-state index is 13.0. The molecule has 2 fully saturated rings. The molecular weight excluding hydrogens is 937 g/mol. The fourth-order valence-corrected chi connectivity index (χ4v) is 8.66. The van der Waals surface area contributed by atoms with Crippen molar-refractivity contribution in [1.82, 2.24) is 0 Å². The molecule has 2 heterocycles. The van der Waals surface area contributed by atoms with Crippen LogP contribution in [0, 0.1) is 0 Å². The van der Waals surface area contributed by atoms with Gasteiger partial charge in [0, 0.05) is 12.8 Å². The van der Waals surface area contributed by atoms with Crippen LogP contribution in [0.15, 0.2) is 60.8 Å². The van der Waals surface area contributed by atoms with Crippen LogP contribution in [0.3, 0.4) is 0 Å². The molecule has 15 nitrogen and oxygen atoms in total. The lowest BCUT2D eigenvalue weighted by Crippen LogP contribution is -2.61. The lowest BCUT2D eigenvalue weighted by atomic mass is 9.98. The van der Waals surface area contributed by atoms with Crippen LogP contribution in [-0.4, -0.2) is 142 Å². The summed E-state index contributed by atoms with van der Waals surface area (Å²) in [5, 5.41) is 72.2. The molecule has 0 aromatic carbocycles. The summed E-state index contributed by atoms with van der Waals surface area (Å²) in [6.07, 6.45) is 35.3. The molecule has 0 spiro atoms. The number of rotatable bonds is 44. The average Bonchev–Trinajstić information content (AvgIpc) is 3.38. The first-order valence-corrected chi connectivity index (χ1v) is 28.4. The molecule has 0 bridgehead atoms. The number of carbonyl (C=O) groups is 2. The van der Waals surface area contributed by atoms with E-state index < -0.39 is 99.3 Å². The number of carbonyl (C=O) groups excluding carboxylic acids is 2. The number of hydrogen-bond acceptors (Lipinski definition) is 15. The Bertz CT molecular complexity index is 1500. The first kappa shape index (κ1) is 66.3. The molecule has 11 atom stereocenters. The predicted molar refractivity (Wildman–Crippen MR) is 284 cm³/mol. The van der Waals surface area contributed by atoms with Gasteiger partial charge in [-0.15, -0.1) is 0 Å². The highest BCUT2D eigenvalue weighted by Gasteiger charge is 2.47. The maximum Gasteiger partial charge on any atom is 0.306 e. The van der Waals surface area contributed by atoms with Gasteiger partial charge in [0.25, 0.3) is 0 Å². The van der Waals surface area contributed by atoms with Crippen molar-refractivity contribution in [2.45, 2.75) is 268 Å². The third-order valence-corrected chi connectivity index (χ3v) is 13.3. The summed E-state index contributed by atoms with van der Waals surface area (Å²) in [6, 6.07) is 0. The van der Waals surface area contributed by atoms with Crippen LogP contribution in [0.1, 0.15) is 200 Å². The Morgan fingerprint density at radius 1 is 0.452 bits per heavy atom. The second-order valence-electron chi connectivity index (χ2n) is 19.7. The quantitative estimate of drug-likeness (QED) is 0.0171. The van der Waals surface area contributed by atoms with E-state index in [4.69, 9.17) is 28.4 Å². The van der Waals surface area contributed by atoms with Crippen LogP contribution in [0.2, 0.25) is 0 Å². The molecule has 422 valence electrons. The second kappa shape index (κ2) is 44.3. The van der Waals surface area contributed by atoms with E-state index in [1.165, 1.54) is 89.9 Å². The Morgan fingerprint density at radius 3 is 1.36 bits per heavy atom. The van der Waals surface area contributed by atoms with E-state index in [1.807, 2.05) is 0 Å². The van der Waals surface area contributed by atoms with Gasteiger partial charge in [0.1, 0.15) is 55.4 Å². The van der Waals surface area contributed by atoms with E-state index >= 15 is 0 Å². The summed E-state index contributed by atoms with van der Waals surface area (Å²) in [5.74, 6) is -0.958. The van der Waals surface area contributed by atoms with Crippen LogP contribution < -0.4 is 0 Å². The third kappa shape index (κ3) is 31.8. The highest BCUT2D eigenvalue weighted by molar-refractivity contribution is 5.70. The van der Waals surface area contributed by atoms with Gasteiger partial charge < -0.3 is 64.2 Å². The minimum atomic E-state index is -1.77. The molecule has 0 saturated carbocycles. The Kier molecular flexibility index (Phi) is 40.3. The van der Waals surface area contributed by atoms with Crippen molar-refractivity contribution in [2.24, 2.45) is 0 Å². The average molecular weight is 1040 g/mol. The molecule has 0 amide bonds. The van der Waals surface area contributed by atoms with Gasteiger partial charge in [-0.3, -0.25) is 9.59 Å². The molecule has 2 saturated heterocycles. The smallest absolute Gasteiger partial charge is 0.306 e. The van der Waals surface area contributed by atoms with Crippen molar-refractivity contribution in [3.8, 4) is 0 Å². The highest BCUT2D eigenvalue weighted by atomic mass is 16.7. The molecule has 15 heteroatoms. The van der Waals surface area contributed by atoms with Gasteiger partial charge in [-0.1, -0.05) is 190 Å². The van der Waals surface area contributed by atoms with Crippen molar-refractivity contribution >= 4 is 11.9 Å². The molecule has 4 unspecified atom stereocenters. The summed E-state index contributed by atoms with van der Waals surface area (Å²) in [4.78, 5) is 25.9. The van der Waals surface area contributed by atoms with Crippen molar-refractivity contribution in [2.75, 3.05) is 26.4 Å². The Labute approximate surface area is 439 Å². The first-order valence-electron chi connectivity index (χ1n) is 28.4. The van der Waals surface area contributed by atoms with Gasteiger partial charge in [-0.05, 0) is 57.8 Å². The number of aliphatic hydroxyl groups is 7. The molecule has 0 radical (unpaired) electrons. The van der Waals surface area contributed by atoms with Crippen molar-refractivity contribution in [3.05, 3.63) is 60.8 Å². The van der Waals surface area contributed by atoms with Gasteiger partial charge in [0.2, 0.25) is 0 Å². The second-order valence-corrected chi connectivity index (χ2v) is 19.7. The topological polar surface area (TPSA) is 231 Å². The van der Waals surface area contributed by atoms with Gasteiger partial charge in [0.15, 0.2) is 18.7 Å². The Hall–Kier alpha value is -2.80. The fourth-order valence-electron chi connectivity index (χ4n) is 8.66. The summed E-state index contributed by atoms with van der Waals surface area (Å²) in [6.45, 7) is 2.46. The minimum Gasteiger partial charge on any atom is -0.462 e. The number of ether oxygens (including phenoxy) is 6. The van der Waals surface area contributed by atoms with E-state index in [-0.39, 0.29) is 19.4 Å². The molecule has 0 aromatic rings. The van der Waals surface area contributed by atoms with Crippen LogP contribution in [0.5, 0.6) is 0 Å². The van der Waals surface area contributed by atoms with Crippen LogP contribution >= 0.6 is 0 Å². The Balaban J connectivity index is 1.78. The van der Waals surface area contributed by atoms with Crippen LogP contribution in [0.25, 0.3) is 0 Å². The van der Waals surface area contributed by atoms with Crippen molar-refractivity contribution < 1.29 is 73.8 Å². The molecular formula is C58H100O15. The van der Waals surface area contributed by atoms with E-state index in [9.17, 15) is 45.3 Å². The Morgan fingerprint density at radius 2 is 0.863 bits per heavy atom. The fraction of sp³-hybridized carbons (Fsp3) is 0.793. The molecule has 2 aliphatic heterocycles. The molecule has 2 rings (SSSR count). The monoisotopic (exact) mass is 1040 g/mol. The molecule has 73 heavy (non-hydrogen) atoms. The molecule has 0 aromatic heterocycles. The first-order chi connectivity index (χ1) is 35.5. The summed E-state index contributed by atoms with van der Waals surface area (Å²) in [5.41, 5.74) is 0. The van der Waals surface area contributed by atoms with Gasteiger partial charge in [-0.25, -0.2) is 0 Å². The zero-order chi connectivity index (χ0) is 53.2. The standard InChI is InChI=1S/C58H100O15/c1-3-5-7-9-11-13-15-17-19-21-23-25-27-29-31-33-35-37-39-41-50(61)71-46(43-68-49(60)40-38-36-34-32-30-28-26-24-22-20-18-16-14-12-10-8-6-4-2)44-69-57-56(67)54(65)52(63)48(73-57)45-70-58-55(66)53(64)51(62)47(42-59)72-58/h5,7,11,13,17,19,23,25,29,31,46-48,51-59,62-67H,3-4,6,8-10,12,14-16,18,20-22,24,26-28,30,32-45H2,1-2H3/b7-5+,13-11+,19-17+,25-23+,31-29+/t46-,47+,48+,51-,52-,53?,54?,55?,56?,57+,58+/m0/s1. The van der Waals surface area contributed by atoms with E-state index in [0.717, 1.165) is 70.6 Å². The highest BCUT2D eigenvalue weighted by Crippen LogP contribution is 2.27. The number of hydrogen-bond donors (Lipinski definition) is 7. The SMILES string of the molecule is CC/C=C/C/C=C/C/C=C/C/C=C/C/C=C/CCCCCC(=O)O[C@@H](COC(=O)CCCCCCCCCCCCCCCCCCCC)CO[C@@H]1O[C@H](CO[C@@H]2O[C@H](CO)[C@H](O)C(O)C2O)[C@H](O)C(O)C1O. The third-order valence-electron chi connectivity index (χ3n) is 13.3. The number of allylic oxidation sites excluding steroid dienone is 10. The largest absolute Gasteiger partial charge is 0.462 e. The van der Waals surface area contributed by atoms with Gasteiger partial charge in [0.05, 0.1) is 19.8 Å². The van der Waals surface area contributed by atoms with Gasteiger partial charge >= 0.3 is 11.9 Å². The minimum absolute atomic E-state index is 0.125. The number of aliphatic hydroxyl groups excluding tert-OH is 7. The van der Waals surface area contributed by atoms with E-state index in [2.05, 4.69) is 74.6 Å². The van der Waals surface area contributed by atoms with Crippen LogP contribution in [0.4, 0.5) is 0 Å². The lowest BCUT2D eigenvalue weighted by Gasteiger charge is -2.42. The van der Waals surface area contributed by atoms with E-state index in [1.54, 1.807) is 0 Å². The molecule has 0 aliphatic carbocycles. The molecule has 2 aliphatic rings. The van der Waals surface area contributed by atoms with E-state index in [0.29, 0.717) is 12.8 Å². The van der Waals surface area contributed by atoms with Gasteiger partial charge in [-0.2, -0.15) is 0 Å². The summed E-state index contributed by atoms with van der Waals surface area (Å²) >= 11 is 0. The lowest BCUT2D eigenvalue weighted by molar-refractivity contribution is -0.332. The summed E-state index contributed by atoms with van der Waals surface area (Å²) < 4.78 is 33.6. The van der Waals surface area contributed by atoms with Crippen molar-refractivity contribution in [3.63, 3.8) is 0 Å². The normalized spacial score (nSPS) is 25.3. The molecule has 7 N–H and O–H groups in total. The maximum absolute atomic E-state index is 13.0. The zero-order valence-corrected chi connectivity index (χ0v) is 44.9. The predicted octanol–water partition coefficient (Wildman–Crippen LogP) is 9.22. The summed E-state index contributed by atoms with van der Waals surface area (Å²) in [7, 11) is 0. The number of esters is 2. The number of unbranched alkanes of at least 4 members (excludes halogenated alkanes) is 20. The van der Waals surface area contributed by atoms with Crippen LogP contribution in [-0.2, 0) is 38.0 Å². The van der Waals surface area contributed by atoms with Crippen molar-refractivity contribution in [1.29, 1.82) is 0 Å². The zero-order valence-electron chi connectivity index (χ0n) is 44.9.